The lowest BCUT2D eigenvalue weighted by Crippen LogP contribution is -2.42. The average Bonchev–Trinajstić information content (AvgIpc) is 3.13. The molecule has 1 saturated carbocycles. The van der Waals surface area contributed by atoms with Crippen molar-refractivity contribution in [2.24, 2.45) is 0 Å². The zero-order chi connectivity index (χ0) is 16.4. The summed E-state index contributed by atoms with van der Waals surface area (Å²) >= 11 is 1.42. The summed E-state index contributed by atoms with van der Waals surface area (Å²) in [6.07, 6.45) is 3.63. The highest BCUT2D eigenvalue weighted by atomic mass is 32.1. The van der Waals surface area contributed by atoms with Gasteiger partial charge in [0.15, 0.2) is 0 Å². The minimum absolute atomic E-state index is 0.0532. The van der Waals surface area contributed by atoms with E-state index in [0.29, 0.717) is 11.4 Å². The van der Waals surface area contributed by atoms with Crippen LogP contribution in [-0.2, 0) is 0 Å². The first-order valence-electron chi connectivity index (χ1n) is 7.99. The molecule has 1 aromatic heterocycles. The predicted octanol–water partition coefficient (Wildman–Crippen LogP) is 3.50. The Labute approximate surface area is 140 Å². The minimum Gasteiger partial charge on any atom is -0.388 e. The number of likely N-dealkylation sites (N-methyl/N-ethyl adjacent to an activating group) is 1. The molecule has 4 nitrogen and oxygen atoms in total. The average molecular weight is 330 g/mol. The summed E-state index contributed by atoms with van der Waals surface area (Å²) in [6, 6.07) is 9.89. The van der Waals surface area contributed by atoms with Crippen molar-refractivity contribution in [3.05, 3.63) is 40.9 Å². The zero-order valence-electron chi connectivity index (χ0n) is 13.6. The van der Waals surface area contributed by atoms with Gasteiger partial charge in [0.25, 0.3) is 5.91 Å². The van der Waals surface area contributed by atoms with Gasteiger partial charge < -0.3 is 10.0 Å². The van der Waals surface area contributed by atoms with Crippen LogP contribution in [0.3, 0.4) is 0 Å². The Morgan fingerprint density at radius 1 is 1.30 bits per heavy atom. The smallest absolute Gasteiger partial charge is 0.265 e. The number of hydrogen-bond acceptors (Lipinski definition) is 4. The van der Waals surface area contributed by atoms with Gasteiger partial charge in [-0.1, -0.05) is 43.2 Å². The Hall–Kier alpha value is -1.72. The first-order valence-corrected chi connectivity index (χ1v) is 8.81. The van der Waals surface area contributed by atoms with Crippen molar-refractivity contribution < 1.29 is 9.90 Å². The molecule has 5 heteroatoms. The molecule has 0 unspecified atom stereocenters. The van der Waals surface area contributed by atoms with Gasteiger partial charge in [-0.3, -0.25) is 4.79 Å². The number of aromatic nitrogens is 1. The van der Waals surface area contributed by atoms with Crippen LogP contribution in [0.5, 0.6) is 0 Å². The molecule has 2 aromatic rings. The Morgan fingerprint density at radius 3 is 2.61 bits per heavy atom. The Kier molecular flexibility index (Phi) is 4.50. The third kappa shape index (κ3) is 3.46. The van der Waals surface area contributed by atoms with Gasteiger partial charge in [0.05, 0.1) is 11.3 Å². The molecule has 1 aliphatic rings. The fourth-order valence-corrected chi connectivity index (χ4v) is 4.24. The fourth-order valence-electron chi connectivity index (χ4n) is 3.18. The second kappa shape index (κ2) is 6.42. The van der Waals surface area contributed by atoms with Crippen molar-refractivity contribution in [1.82, 2.24) is 9.88 Å². The number of carbonyl (C=O) groups is 1. The van der Waals surface area contributed by atoms with Crippen LogP contribution in [0.1, 0.15) is 41.0 Å². The maximum absolute atomic E-state index is 12.7. The van der Waals surface area contributed by atoms with E-state index in [-0.39, 0.29) is 5.91 Å². The maximum Gasteiger partial charge on any atom is 0.265 e. The number of rotatable bonds is 4. The predicted molar refractivity (Wildman–Crippen MR) is 92.7 cm³/mol. The van der Waals surface area contributed by atoms with Crippen LogP contribution >= 0.6 is 11.3 Å². The van der Waals surface area contributed by atoms with Gasteiger partial charge in [0, 0.05) is 19.2 Å². The summed E-state index contributed by atoms with van der Waals surface area (Å²) in [7, 11) is 1.76. The SMILES string of the molecule is Cc1nc(-c2ccccc2)sc1C(=O)N(C)CC1(O)CCCC1. The number of carbonyl (C=O) groups excluding carboxylic acids is 1. The van der Waals surface area contributed by atoms with Crippen molar-refractivity contribution in [2.45, 2.75) is 38.2 Å². The van der Waals surface area contributed by atoms with Crippen LogP contribution < -0.4 is 0 Å². The molecule has 1 aliphatic carbocycles. The lowest BCUT2D eigenvalue weighted by Gasteiger charge is -2.28. The summed E-state index contributed by atoms with van der Waals surface area (Å²) in [5, 5.41) is 11.4. The van der Waals surface area contributed by atoms with E-state index in [1.807, 2.05) is 37.3 Å². The number of hydrogen-bond donors (Lipinski definition) is 1. The largest absolute Gasteiger partial charge is 0.388 e. The van der Waals surface area contributed by atoms with Crippen LogP contribution in [0.4, 0.5) is 0 Å². The van der Waals surface area contributed by atoms with E-state index in [1.165, 1.54) is 11.3 Å². The molecule has 1 aromatic carbocycles. The molecule has 23 heavy (non-hydrogen) atoms. The highest BCUT2D eigenvalue weighted by Gasteiger charge is 2.34. The lowest BCUT2D eigenvalue weighted by atomic mass is 10.0. The van der Waals surface area contributed by atoms with Crippen LogP contribution in [0.2, 0.25) is 0 Å². The van der Waals surface area contributed by atoms with Crippen LogP contribution in [0, 0.1) is 6.92 Å². The van der Waals surface area contributed by atoms with E-state index in [9.17, 15) is 9.90 Å². The molecule has 122 valence electrons. The third-order valence-electron chi connectivity index (χ3n) is 4.42. The number of nitrogens with zero attached hydrogens (tertiary/aromatic N) is 2. The fraction of sp³-hybridized carbons (Fsp3) is 0.444. The number of benzene rings is 1. The number of aryl methyl sites for hydroxylation is 1. The van der Waals surface area contributed by atoms with Crippen molar-refractivity contribution in [3.8, 4) is 10.6 Å². The second-order valence-corrected chi connectivity index (χ2v) is 7.39. The summed E-state index contributed by atoms with van der Waals surface area (Å²) < 4.78 is 0. The molecular formula is C18H22N2O2S. The standard InChI is InChI=1S/C18H22N2O2S/c1-13-15(23-16(19-13)14-8-4-3-5-9-14)17(21)20(2)12-18(22)10-6-7-11-18/h3-5,8-9,22H,6-7,10-12H2,1-2H3. The van der Waals surface area contributed by atoms with E-state index < -0.39 is 5.60 Å². The molecule has 0 bridgehead atoms. The molecule has 1 N–H and O–H groups in total. The van der Waals surface area contributed by atoms with Crippen LogP contribution in [-0.4, -0.2) is 40.1 Å². The third-order valence-corrected chi connectivity index (χ3v) is 5.62. The Balaban J connectivity index is 1.78. The summed E-state index contributed by atoms with van der Waals surface area (Å²) in [4.78, 5) is 19.6. The molecule has 0 saturated heterocycles. The molecule has 0 atom stereocenters. The van der Waals surface area contributed by atoms with Crippen molar-refractivity contribution >= 4 is 17.2 Å². The van der Waals surface area contributed by atoms with Crippen molar-refractivity contribution in [3.63, 3.8) is 0 Å². The van der Waals surface area contributed by atoms with Gasteiger partial charge in [-0.15, -0.1) is 11.3 Å². The summed E-state index contributed by atoms with van der Waals surface area (Å²) in [5.41, 5.74) is 1.06. The topological polar surface area (TPSA) is 53.4 Å². The molecular weight excluding hydrogens is 308 g/mol. The molecule has 0 radical (unpaired) electrons. The molecule has 1 amide bonds. The number of amides is 1. The second-order valence-electron chi connectivity index (χ2n) is 6.39. The van der Waals surface area contributed by atoms with Gasteiger partial charge in [-0.2, -0.15) is 0 Å². The van der Waals surface area contributed by atoms with E-state index in [2.05, 4.69) is 4.98 Å². The minimum atomic E-state index is -0.717. The molecule has 1 fully saturated rings. The first-order chi connectivity index (χ1) is 11.0. The number of aliphatic hydroxyl groups is 1. The van der Waals surface area contributed by atoms with E-state index in [0.717, 1.165) is 41.9 Å². The summed E-state index contributed by atoms with van der Waals surface area (Å²) in [5.74, 6) is -0.0532. The van der Waals surface area contributed by atoms with Crippen molar-refractivity contribution in [1.29, 1.82) is 0 Å². The molecule has 1 heterocycles. The molecule has 3 rings (SSSR count). The zero-order valence-corrected chi connectivity index (χ0v) is 14.4. The normalized spacial score (nSPS) is 16.5. The van der Waals surface area contributed by atoms with Gasteiger partial charge >= 0.3 is 0 Å². The Bertz CT molecular complexity index is 690. The van der Waals surface area contributed by atoms with Gasteiger partial charge in [-0.05, 0) is 19.8 Å². The Morgan fingerprint density at radius 2 is 1.96 bits per heavy atom. The lowest BCUT2D eigenvalue weighted by molar-refractivity contribution is 0.0158. The van der Waals surface area contributed by atoms with Crippen LogP contribution in [0.25, 0.3) is 10.6 Å². The highest BCUT2D eigenvalue weighted by molar-refractivity contribution is 7.17. The first kappa shape index (κ1) is 16.1. The quantitative estimate of drug-likeness (QED) is 0.933. The van der Waals surface area contributed by atoms with Gasteiger partial charge in [-0.25, -0.2) is 4.98 Å². The molecule has 0 aliphatic heterocycles. The maximum atomic E-state index is 12.7. The van der Waals surface area contributed by atoms with Gasteiger partial charge in [0.1, 0.15) is 9.88 Å². The number of thiazole rings is 1. The van der Waals surface area contributed by atoms with Crippen LogP contribution in [0.15, 0.2) is 30.3 Å². The van der Waals surface area contributed by atoms with Gasteiger partial charge in [0.2, 0.25) is 0 Å². The van der Waals surface area contributed by atoms with E-state index in [1.54, 1.807) is 11.9 Å². The van der Waals surface area contributed by atoms with E-state index >= 15 is 0 Å². The monoisotopic (exact) mass is 330 g/mol. The highest BCUT2D eigenvalue weighted by Crippen LogP contribution is 2.32. The summed E-state index contributed by atoms with van der Waals surface area (Å²) in [6.45, 7) is 2.26. The van der Waals surface area contributed by atoms with Crippen molar-refractivity contribution in [2.75, 3.05) is 13.6 Å². The molecule has 0 spiro atoms. The van der Waals surface area contributed by atoms with E-state index in [4.69, 9.17) is 0 Å².